The first-order valence-corrected chi connectivity index (χ1v) is 9.97. The van der Waals surface area contributed by atoms with Crippen LogP contribution in [-0.4, -0.2) is 74.7 Å². The molecule has 6 heteroatoms. The fraction of sp³-hybridized carbons (Fsp3) is 0.895. The molecule has 0 aromatic rings. The Morgan fingerprint density at radius 1 is 1.20 bits per heavy atom. The number of hydrogen-bond donors (Lipinski definition) is 1. The lowest BCUT2D eigenvalue weighted by Gasteiger charge is -2.38. The van der Waals surface area contributed by atoms with Gasteiger partial charge in [-0.25, -0.2) is 0 Å². The number of unbranched alkanes of at least 4 members (excludes halogenated alkanes) is 1. The quantitative estimate of drug-likeness (QED) is 0.451. The van der Waals surface area contributed by atoms with E-state index in [9.17, 15) is 4.79 Å². The van der Waals surface area contributed by atoms with Gasteiger partial charge in [-0.2, -0.15) is 0 Å². The maximum absolute atomic E-state index is 11.7. The topological polar surface area (TPSA) is 57.2 Å². The summed E-state index contributed by atoms with van der Waals surface area (Å²) in [6, 6.07) is 0.615. The van der Waals surface area contributed by atoms with Crippen LogP contribution in [0.1, 0.15) is 51.9 Å². The summed E-state index contributed by atoms with van der Waals surface area (Å²) < 4.78 is 4.87. The minimum atomic E-state index is -0.0728. The van der Waals surface area contributed by atoms with Crippen molar-refractivity contribution in [2.24, 2.45) is 10.9 Å². The highest BCUT2D eigenvalue weighted by atomic mass is 16.5. The number of aliphatic imine (C=N–C) groups is 1. The van der Waals surface area contributed by atoms with Crippen molar-refractivity contribution < 1.29 is 9.53 Å². The van der Waals surface area contributed by atoms with E-state index < -0.39 is 0 Å². The summed E-state index contributed by atoms with van der Waals surface area (Å²) in [4.78, 5) is 21.1. The Morgan fingerprint density at radius 3 is 2.60 bits per heavy atom. The largest absolute Gasteiger partial charge is 0.469 e. The van der Waals surface area contributed by atoms with E-state index in [1.165, 1.54) is 52.3 Å². The molecule has 6 nitrogen and oxygen atoms in total. The van der Waals surface area contributed by atoms with Crippen molar-refractivity contribution in [2.45, 2.75) is 57.9 Å². The summed E-state index contributed by atoms with van der Waals surface area (Å²) in [5.74, 6) is 0.947. The Balaban J connectivity index is 1.80. The van der Waals surface area contributed by atoms with Crippen molar-refractivity contribution in [2.75, 3.05) is 46.9 Å². The fourth-order valence-corrected chi connectivity index (χ4v) is 3.98. The molecule has 0 bridgehead atoms. The molecule has 1 unspecified atom stereocenters. The van der Waals surface area contributed by atoms with Gasteiger partial charge in [-0.15, -0.1) is 0 Å². The monoisotopic (exact) mass is 352 g/mol. The average Bonchev–Trinajstić information content (AvgIpc) is 2.67. The third-order valence-electron chi connectivity index (χ3n) is 5.58. The number of likely N-dealkylation sites (tertiary alicyclic amines) is 2. The summed E-state index contributed by atoms with van der Waals surface area (Å²) in [6.45, 7) is 7.40. The number of guanidine groups is 1. The average molecular weight is 353 g/mol. The zero-order valence-electron chi connectivity index (χ0n) is 16.3. The van der Waals surface area contributed by atoms with Crippen molar-refractivity contribution in [1.29, 1.82) is 0 Å². The van der Waals surface area contributed by atoms with E-state index in [2.05, 4.69) is 27.0 Å². The number of hydrogen-bond acceptors (Lipinski definition) is 4. The molecule has 2 aliphatic heterocycles. The Labute approximate surface area is 153 Å². The third-order valence-corrected chi connectivity index (χ3v) is 5.58. The Morgan fingerprint density at radius 2 is 1.96 bits per heavy atom. The summed E-state index contributed by atoms with van der Waals surface area (Å²) in [5, 5.41) is 3.59. The van der Waals surface area contributed by atoms with Crippen molar-refractivity contribution >= 4 is 11.9 Å². The van der Waals surface area contributed by atoms with E-state index in [0.717, 1.165) is 38.4 Å². The standard InChI is InChI=1S/C19H36N4O2/c1-4-5-11-22-12-7-6-8-17(22)15-21-19(20-2)23-13-9-16(10-14-23)18(24)25-3/h16-17H,4-15H2,1-3H3,(H,20,21). The van der Waals surface area contributed by atoms with Gasteiger partial charge in [-0.3, -0.25) is 14.7 Å². The Kier molecular flexibility index (Phi) is 8.52. The van der Waals surface area contributed by atoms with Crippen molar-refractivity contribution in [3.63, 3.8) is 0 Å². The summed E-state index contributed by atoms with van der Waals surface area (Å²) >= 11 is 0. The predicted molar refractivity (Wildman–Crippen MR) is 102 cm³/mol. The summed E-state index contributed by atoms with van der Waals surface area (Å²) in [5.41, 5.74) is 0. The number of nitrogens with one attached hydrogen (secondary N) is 1. The van der Waals surface area contributed by atoms with Crippen LogP contribution in [-0.2, 0) is 9.53 Å². The van der Waals surface area contributed by atoms with Crippen molar-refractivity contribution in [3.05, 3.63) is 0 Å². The van der Waals surface area contributed by atoms with Crippen LogP contribution in [0.15, 0.2) is 4.99 Å². The molecule has 0 aromatic heterocycles. The van der Waals surface area contributed by atoms with Crippen LogP contribution in [0.5, 0.6) is 0 Å². The molecule has 0 spiro atoms. The number of ether oxygens (including phenoxy) is 1. The number of rotatable bonds is 6. The molecule has 2 saturated heterocycles. The second-order valence-corrected chi connectivity index (χ2v) is 7.25. The smallest absolute Gasteiger partial charge is 0.308 e. The number of carbonyl (C=O) groups is 1. The zero-order chi connectivity index (χ0) is 18.1. The molecule has 2 aliphatic rings. The van der Waals surface area contributed by atoms with Gasteiger partial charge in [0.2, 0.25) is 0 Å². The molecule has 0 aromatic carbocycles. The van der Waals surface area contributed by atoms with Crippen molar-refractivity contribution in [1.82, 2.24) is 15.1 Å². The van der Waals surface area contributed by atoms with E-state index in [0.29, 0.717) is 6.04 Å². The molecule has 144 valence electrons. The summed E-state index contributed by atoms with van der Waals surface area (Å²) in [6.07, 6.45) is 8.17. The lowest BCUT2D eigenvalue weighted by atomic mass is 9.97. The SMILES string of the molecule is CCCCN1CCCCC1CNC(=NC)N1CCC(C(=O)OC)CC1. The number of esters is 1. The minimum absolute atomic E-state index is 0.0437. The van der Waals surface area contributed by atoms with Gasteiger partial charge in [0.25, 0.3) is 0 Å². The Hall–Kier alpha value is -1.30. The second kappa shape index (κ2) is 10.6. The molecule has 0 amide bonds. The van der Waals surface area contributed by atoms with Crippen LogP contribution in [0.2, 0.25) is 0 Å². The molecule has 25 heavy (non-hydrogen) atoms. The lowest BCUT2D eigenvalue weighted by molar-refractivity contribution is -0.146. The van der Waals surface area contributed by atoms with E-state index in [4.69, 9.17) is 4.74 Å². The van der Waals surface area contributed by atoms with Crippen molar-refractivity contribution in [3.8, 4) is 0 Å². The fourth-order valence-electron chi connectivity index (χ4n) is 3.98. The second-order valence-electron chi connectivity index (χ2n) is 7.25. The number of methoxy groups -OCH3 is 1. The van der Waals surface area contributed by atoms with E-state index in [1.807, 2.05) is 7.05 Å². The van der Waals surface area contributed by atoms with Gasteiger partial charge in [0.1, 0.15) is 0 Å². The highest BCUT2D eigenvalue weighted by Crippen LogP contribution is 2.19. The maximum Gasteiger partial charge on any atom is 0.308 e. The normalized spacial score (nSPS) is 23.6. The first-order valence-electron chi connectivity index (χ1n) is 9.97. The van der Waals surface area contributed by atoms with Gasteiger partial charge in [0.05, 0.1) is 13.0 Å². The maximum atomic E-state index is 11.7. The first kappa shape index (κ1) is 20.0. The first-order chi connectivity index (χ1) is 12.2. The van der Waals surface area contributed by atoms with Crippen LogP contribution < -0.4 is 5.32 Å². The van der Waals surface area contributed by atoms with Gasteiger partial charge >= 0.3 is 5.97 Å². The molecule has 0 radical (unpaired) electrons. The van der Waals surface area contributed by atoms with Gasteiger partial charge < -0.3 is 15.0 Å². The molecule has 2 heterocycles. The van der Waals surface area contributed by atoms with Crippen LogP contribution >= 0.6 is 0 Å². The molecular formula is C19H36N4O2. The molecule has 2 rings (SSSR count). The highest BCUT2D eigenvalue weighted by Gasteiger charge is 2.28. The van der Waals surface area contributed by atoms with E-state index in [1.54, 1.807) is 0 Å². The van der Waals surface area contributed by atoms with Gasteiger partial charge in [0, 0.05) is 32.7 Å². The van der Waals surface area contributed by atoms with Gasteiger partial charge in [-0.05, 0) is 45.2 Å². The molecule has 2 fully saturated rings. The van der Waals surface area contributed by atoms with E-state index >= 15 is 0 Å². The number of piperidine rings is 2. The highest BCUT2D eigenvalue weighted by molar-refractivity contribution is 5.80. The minimum Gasteiger partial charge on any atom is -0.469 e. The van der Waals surface area contributed by atoms with Crippen LogP contribution in [0, 0.1) is 5.92 Å². The van der Waals surface area contributed by atoms with Crippen LogP contribution in [0.25, 0.3) is 0 Å². The molecule has 1 N–H and O–H groups in total. The molecule has 0 aliphatic carbocycles. The lowest BCUT2D eigenvalue weighted by Crippen LogP contribution is -2.52. The van der Waals surface area contributed by atoms with E-state index in [-0.39, 0.29) is 11.9 Å². The molecule has 0 saturated carbocycles. The number of nitrogens with zero attached hydrogens (tertiary/aromatic N) is 3. The van der Waals surface area contributed by atoms with Gasteiger partial charge in [0.15, 0.2) is 5.96 Å². The molecule has 1 atom stereocenters. The number of carbonyl (C=O) groups excluding carboxylic acids is 1. The Bertz CT molecular complexity index is 433. The third kappa shape index (κ3) is 5.87. The van der Waals surface area contributed by atoms with Gasteiger partial charge in [-0.1, -0.05) is 19.8 Å². The predicted octanol–water partition coefficient (Wildman–Crippen LogP) is 2.10. The summed E-state index contributed by atoms with van der Waals surface area (Å²) in [7, 11) is 3.33. The molecular weight excluding hydrogens is 316 g/mol. The zero-order valence-corrected chi connectivity index (χ0v) is 16.3. The van der Waals surface area contributed by atoms with Crippen LogP contribution in [0.3, 0.4) is 0 Å². The van der Waals surface area contributed by atoms with Crippen LogP contribution in [0.4, 0.5) is 0 Å².